The number of hydrogen-bond acceptors (Lipinski definition) is 5. The highest BCUT2D eigenvalue weighted by Gasteiger charge is 2.17. The van der Waals surface area contributed by atoms with Gasteiger partial charge in [0.05, 0.1) is 13.3 Å². The van der Waals surface area contributed by atoms with Crippen LogP contribution in [0, 0.1) is 11.3 Å². The van der Waals surface area contributed by atoms with E-state index in [4.69, 9.17) is 20.0 Å². The van der Waals surface area contributed by atoms with E-state index in [0.717, 1.165) is 0 Å². The Labute approximate surface area is 75.4 Å². The molecule has 0 radical (unpaired) electrons. The summed E-state index contributed by atoms with van der Waals surface area (Å²) in [5.74, 6) is 0.244. The van der Waals surface area contributed by atoms with E-state index in [2.05, 4.69) is 4.98 Å². The van der Waals surface area contributed by atoms with Crippen molar-refractivity contribution in [2.24, 2.45) is 0 Å². The monoisotopic (exact) mass is 178 g/mol. The predicted molar refractivity (Wildman–Crippen MR) is 45.3 cm³/mol. The predicted octanol–water partition coefficient (Wildman–Crippen LogP) is -1.36. The first-order chi connectivity index (χ1) is 6.19. The minimum atomic E-state index is -1.66. The summed E-state index contributed by atoms with van der Waals surface area (Å²) < 4.78 is 4.81. The van der Waals surface area contributed by atoms with Crippen LogP contribution in [-0.4, -0.2) is 29.3 Å². The summed E-state index contributed by atoms with van der Waals surface area (Å²) >= 11 is 0. The lowest BCUT2D eigenvalue weighted by Crippen LogP contribution is -2.31. The van der Waals surface area contributed by atoms with Gasteiger partial charge in [0.1, 0.15) is 17.5 Å². The molecule has 0 aromatic carbocycles. The Morgan fingerprint density at radius 3 is 2.77 bits per heavy atom. The zero-order valence-electron chi connectivity index (χ0n) is 6.93. The van der Waals surface area contributed by atoms with Gasteiger partial charge in [-0.3, -0.25) is 0 Å². The Morgan fingerprint density at radius 1 is 1.62 bits per heavy atom. The highest BCUT2D eigenvalue weighted by atomic mass is 16.5. The molecule has 0 atom stereocenters. The normalized spacial score (nSPS) is 9.08. The van der Waals surface area contributed by atoms with Crippen molar-refractivity contribution in [2.45, 2.75) is 0 Å². The average molecular weight is 178 g/mol. The van der Waals surface area contributed by atoms with Gasteiger partial charge in [-0.25, -0.2) is 4.98 Å². The van der Waals surface area contributed by atoms with Gasteiger partial charge >= 0.3 is 7.12 Å². The van der Waals surface area contributed by atoms with Gasteiger partial charge < -0.3 is 14.8 Å². The molecule has 0 saturated carbocycles. The van der Waals surface area contributed by atoms with Crippen molar-refractivity contribution in [3.8, 4) is 11.8 Å². The number of pyridine rings is 1. The van der Waals surface area contributed by atoms with E-state index in [-0.39, 0.29) is 16.9 Å². The molecule has 5 nitrogen and oxygen atoms in total. The molecule has 13 heavy (non-hydrogen) atoms. The fourth-order valence-corrected chi connectivity index (χ4v) is 0.892. The van der Waals surface area contributed by atoms with Gasteiger partial charge in [-0.05, 0) is 6.07 Å². The number of rotatable bonds is 2. The average Bonchev–Trinajstić information content (AvgIpc) is 2.16. The highest BCUT2D eigenvalue weighted by molar-refractivity contribution is 6.59. The van der Waals surface area contributed by atoms with Crippen LogP contribution in [0.2, 0.25) is 0 Å². The third-order valence-electron chi connectivity index (χ3n) is 1.51. The molecule has 0 aliphatic heterocycles. The number of aromatic nitrogens is 1. The standard InChI is InChI=1S/C7H7BN2O3/c1-13-7-4-10-5(3-9)2-6(7)8(11)12/h2,4,11-12H,1H3. The van der Waals surface area contributed by atoms with Gasteiger partial charge in [0.15, 0.2) is 0 Å². The second kappa shape index (κ2) is 3.89. The van der Waals surface area contributed by atoms with Crippen LogP contribution in [0.25, 0.3) is 0 Å². The van der Waals surface area contributed by atoms with E-state index in [9.17, 15) is 0 Å². The maximum absolute atomic E-state index is 8.89. The van der Waals surface area contributed by atoms with Crippen LogP contribution in [-0.2, 0) is 0 Å². The van der Waals surface area contributed by atoms with Crippen LogP contribution in [0.15, 0.2) is 12.3 Å². The van der Waals surface area contributed by atoms with Crippen LogP contribution < -0.4 is 10.2 Å². The number of hydrogen-bond donors (Lipinski definition) is 2. The largest absolute Gasteiger partial charge is 0.496 e. The molecule has 0 amide bonds. The van der Waals surface area contributed by atoms with Gasteiger partial charge in [-0.2, -0.15) is 5.26 Å². The number of ether oxygens (including phenoxy) is 1. The molecule has 0 bridgehead atoms. The molecule has 1 rings (SSSR count). The van der Waals surface area contributed by atoms with E-state index in [0.29, 0.717) is 0 Å². The lowest BCUT2D eigenvalue weighted by Gasteiger charge is -2.06. The Morgan fingerprint density at radius 2 is 2.31 bits per heavy atom. The quantitative estimate of drug-likeness (QED) is 0.546. The second-order valence-corrected chi connectivity index (χ2v) is 2.30. The SMILES string of the molecule is COc1cnc(C#N)cc1B(O)O. The lowest BCUT2D eigenvalue weighted by molar-refractivity contribution is 0.402. The molecule has 0 aliphatic rings. The molecule has 0 saturated heterocycles. The summed E-state index contributed by atoms with van der Waals surface area (Å²) in [7, 11) is -0.278. The van der Waals surface area contributed by atoms with Crippen LogP contribution in [0.5, 0.6) is 5.75 Å². The summed E-state index contributed by atoms with van der Waals surface area (Å²) in [4.78, 5) is 3.70. The fourth-order valence-electron chi connectivity index (χ4n) is 0.892. The summed E-state index contributed by atoms with van der Waals surface area (Å²) in [5, 5.41) is 26.3. The van der Waals surface area contributed by atoms with Crippen molar-refractivity contribution in [2.75, 3.05) is 7.11 Å². The van der Waals surface area contributed by atoms with Crippen molar-refractivity contribution in [1.82, 2.24) is 4.98 Å². The molecule has 0 fully saturated rings. The zero-order valence-corrected chi connectivity index (χ0v) is 6.93. The first-order valence-corrected chi connectivity index (χ1v) is 3.49. The van der Waals surface area contributed by atoms with Crippen molar-refractivity contribution >= 4 is 12.6 Å². The van der Waals surface area contributed by atoms with Gasteiger partial charge in [0, 0.05) is 5.46 Å². The van der Waals surface area contributed by atoms with Crippen molar-refractivity contribution < 1.29 is 14.8 Å². The Bertz CT molecular complexity index is 348. The Balaban J connectivity index is 3.20. The van der Waals surface area contributed by atoms with E-state index in [1.807, 2.05) is 0 Å². The summed E-state index contributed by atoms with van der Waals surface area (Å²) in [5.41, 5.74) is 0.248. The van der Waals surface area contributed by atoms with Gasteiger partial charge in [-0.15, -0.1) is 0 Å². The number of nitrogens with zero attached hydrogens (tertiary/aromatic N) is 2. The van der Waals surface area contributed by atoms with Crippen LogP contribution in [0.4, 0.5) is 0 Å². The van der Waals surface area contributed by atoms with E-state index < -0.39 is 7.12 Å². The second-order valence-electron chi connectivity index (χ2n) is 2.30. The summed E-state index contributed by atoms with van der Waals surface area (Å²) in [6, 6.07) is 3.05. The maximum Gasteiger partial charge on any atom is 0.492 e. The highest BCUT2D eigenvalue weighted by Crippen LogP contribution is 2.05. The molecule has 6 heteroatoms. The first kappa shape index (κ1) is 9.51. The summed E-state index contributed by atoms with van der Waals surface area (Å²) in [6.07, 6.45) is 1.27. The van der Waals surface area contributed by atoms with Crippen LogP contribution in [0.3, 0.4) is 0 Å². The molecule has 0 spiro atoms. The minimum absolute atomic E-state index is 0.115. The minimum Gasteiger partial charge on any atom is -0.496 e. The van der Waals surface area contributed by atoms with Crippen molar-refractivity contribution in [3.63, 3.8) is 0 Å². The molecule has 2 N–H and O–H groups in total. The third kappa shape index (κ3) is 1.96. The molecule has 0 unspecified atom stereocenters. The third-order valence-corrected chi connectivity index (χ3v) is 1.51. The van der Waals surface area contributed by atoms with Crippen LogP contribution in [0.1, 0.15) is 5.69 Å². The van der Waals surface area contributed by atoms with Gasteiger partial charge in [0.25, 0.3) is 0 Å². The number of methoxy groups -OCH3 is 1. The molecular formula is C7H7BN2O3. The summed E-state index contributed by atoms with van der Waals surface area (Å²) in [6.45, 7) is 0. The van der Waals surface area contributed by atoms with E-state index >= 15 is 0 Å². The van der Waals surface area contributed by atoms with E-state index in [1.54, 1.807) is 6.07 Å². The van der Waals surface area contributed by atoms with Gasteiger partial charge in [-0.1, -0.05) is 0 Å². The van der Waals surface area contributed by atoms with Crippen molar-refractivity contribution in [1.29, 1.82) is 5.26 Å². The molecule has 1 aromatic heterocycles. The molecule has 0 aliphatic carbocycles. The van der Waals surface area contributed by atoms with E-state index in [1.165, 1.54) is 19.4 Å². The molecular weight excluding hydrogens is 171 g/mol. The molecule has 1 aromatic rings. The Hall–Kier alpha value is -1.58. The van der Waals surface area contributed by atoms with Crippen molar-refractivity contribution in [3.05, 3.63) is 18.0 Å². The maximum atomic E-state index is 8.89. The fraction of sp³-hybridized carbons (Fsp3) is 0.143. The van der Waals surface area contributed by atoms with Gasteiger partial charge in [0.2, 0.25) is 0 Å². The van der Waals surface area contributed by atoms with Crippen LogP contribution >= 0.6 is 0 Å². The number of nitriles is 1. The topological polar surface area (TPSA) is 86.4 Å². The lowest BCUT2D eigenvalue weighted by atomic mass is 9.80. The molecule has 1 heterocycles. The Kier molecular flexibility index (Phi) is 2.85. The first-order valence-electron chi connectivity index (χ1n) is 3.49. The molecule has 66 valence electrons. The smallest absolute Gasteiger partial charge is 0.492 e. The zero-order chi connectivity index (χ0) is 9.84.